The van der Waals surface area contributed by atoms with E-state index in [0.29, 0.717) is 5.56 Å². The number of anilines is 1. The molecule has 0 spiro atoms. The van der Waals surface area contributed by atoms with Gasteiger partial charge in [0.1, 0.15) is 0 Å². The Morgan fingerprint density at radius 1 is 0.800 bits per heavy atom. The summed E-state index contributed by atoms with van der Waals surface area (Å²) in [6.07, 6.45) is 0. The summed E-state index contributed by atoms with van der Waals surface area (Å²) in [5.41, 5.74) is 1.46. The van der Waals surface area contributed by atoms with Crippen LogP contribution < -0.4 is 5.32 Å². The fourth-order valence-electron chi connectivity index (χ4n) is 2.18. The minimum absolute atomic E-state index is 0.163. The normalized spacial score (nSPS) is 12.0. The molecule has 0 aliphatic rings. The summed E-state index contributed by atoms with van der Waals surface area (Å²) in [4.78, 5) is 0.163. The Morgan fingerprint density at radius 2 is 1.36 bits per heavy atom. The molecule has 0 unspecified atom stereocenters. The second kappa shape index (κ2) is 7.79. The van der Waals surface area contributed by atoms with E-state index in [0.717, 1.165) is 9.26 Å². The Hall–Kier alpha value is -2.19. The number of para-hydroxylation sites is 1. The quantitative estimate of drug-likeness (QED) is 0.352. The summed E-state index contributed by atoms with van der Waals surface area (Å²) in [6.45, 7) is 0. The van der Waals surface area contributed by atoms with E-state index >= 15 is 0 Å². The first-order valence-corrected chi connectivity index (χ1v) is 10.0. The van der Waals surface area contributed by atoms with E-state index < -0.39 is 10.0 Å². The van der Waals surface area contributed by atoms with Gasteiger partial charge in [0.15, 0.2) is 5.84 Å². The van der Waals surface area contributed by atoms with Crippen LogP contribution in [0.3, 0.4) is 0 Å². The fraction of sp³-hybridized carbons (Fsp3) is 0. The molecule has 3 aromatic rings. The van der Waals surface area contributed by atoms with E-state index in [2.05, 4.69) is 32.3 Å². The second-order valence-corrected chi connectivity index (χ2v) is 8.08. The zero-order valence-corrected chi connectivity index (χ0v) is 16.1. The van der Waals surface area contributed by atoms with Crippen LogP contribution >= 0.6 is 22.6 Å². The molecule has 6 heteroatoms. The molecule has 0 bridgehead atoms. The molecule has 25 heavy (non-hydrogen) atoms. The van der Waals surface area contributed by atoms with Crippen molar-refractivity contribution < 1.29 is 8.42 Å². The molecule has 0 atom stereocenters. The van der Waals surface area contributed by atoms with Crippen molar-refractivity contribution in [1.82, 2.24) is 0 Å². The van der Waals surface area contributed by atoms with Gasteiger partial charge in [-0.1, -0.05) is 48.5 Å². The number of amidine groups is 1. The van der Waals surface area contributed by atoms with Gasteiger partial charge in [-0.25, -0.2) is 0 Å². The zero-order chi connectivity index (χ0) is 17.7. The van der Waals surface area contributed by atoms with Crippen molar-refractivity contribution in [2.45, 2.75) is 4.90 Å². The minimum atomic E-state index is -3.82. The first kappa shape index (κ1) is 17.6. The van der Waals surface area contributed by atoms with Crippen LogP contribution in [0.2, 0.25) is 0 Å². The highest BCUT2D eigenvalue weighted by atomic mass is 127. The third-order valence-corrected chi connectivity index (χ3v) is 5.42. The number of hydrogen-bond donors (Lipinski definition) is 1. The van der Waals surface area contributed by atoms with Gasteiger partial charge in [0.25, 0.3) is 10.0 Å². The van der Waals surface area contributed by atoms with E-state index in [4.69, 9.17) is 0 Å². The van der Waals surface area contributed by atoms with Crippen LogP contribution in [-0.2, 0) is 10.0 Å². The molecule has 0 heterocycles. The molecule has 0 saturated carbocycles. The summed E-state index contributed by atoms with van der Waals surface area (Å²) in [5, 5.41) is 3.10. The molecule has 1 N–H and O–H groups in total. The van der Waals surface area contributed by atoms with Gasteiger partial charge in [-0.15, -0.1) is 4.40 Å². The third-order valence-electron chi connectivity index (χ3n) is 3.41. The predicted molar refractivity (Wildman–Crippen MR) is 109 cm³/mol. The highest BCUT2D eigenvalue weighted by molar-refractivity contribution is 14.1. The molecule has 0 amide bonds. The van der Waals surface area contributed by atoms with Gasteiger partial charge in [0.2, 0.25) is 0 Å². The van der Waals surface area contributed by atoms with Gasteiger partial charge in [0.05, 0.1) is 4.90 Å². The minimum Gasteiger partial charge on any atom is -0.339 e. The largest absolute Gasteiger partial charge is 0.339 e. The summed E-state index contributed by atoms with van der Waals surface area (Å²) in [5.74, 6) is 0.283. The number of sulfonamides is 1. The number of nitrogens with one attached hydrogen (secondary N) is 1. The summed E-state index contributed by atoms with van der Waals surface area (Å²) in [6, 6.07) is 25.2. The monoisotopic (exact) mass is 462 g/mol. The topological polar surface area (TPSA) is 58.5 Å². The van der Waals surface area contributed by atoms with Crippen LogP contribution in [0.4, 0.5) is 5.69 Å². The van der Waals surface area contributed by atoms with Gasteiger partial charge in [-0.3, -0.25) is 0 Å². The molecule has 0 aliphatic carbocycles. The first-order valence-electron chi connectivity index (χ1n) is 7.53. The van der Waals surface area contributed by atoms with E-state index in [9.17, 15) is 8.42 Å². The van der Waals surface area contributed by atoms with E-state index in [1.807, 2.05) is 60.7 Å². The van der Waals surface area contributed by atoms with Crippen LogP contribution in [0.15, 0.2) is 94.2 Å². The Balaban J connectivity index is 2.04. The van der Waals surface area contributed by atoms with Gasteiger partial charge in [-0.05, 0) is 59.0 Å². The second-order valence-electron chi connectivity index (χ2n) is 5.23. The molecule has 0 aromatic heterocycles. The van der Waals surface area contributed by atoms with Gasteiger partial charge >= 0.3 is 0 Å². The molecule has 0 radical (unpaired) electrons. The molecule has 0 saturated heterocycles. The van der Waals surface area contributed by atoms with Crippen molar-refractivity contribution in [3.8, 4) is 0 Å². The van der Waals surface area contributed by atoms with Gasteiger partial charge in [-0.2, -0.15) is 8.42 Å². The Morgan fingerprint density at radius 3 is 1.96 bits per heavy atom. The molecular formula is C19H15IN2O2S. The van der Waals surface area contributed by atoms with Crippen molar-refractivity contribution in [3.63, 3.8) is 0 Å². The molecule has 0 aliphatic heterocycles. The smallest absolute Gasteiger partial charge is 0.284 e. The summed E-state index contributed by atoms with van der Waals surface area (Å²) in [7, 11) is -3.82. The lowest BCUT2D eigenvalue weighted by molar-refractivity contribution is 0.598. The van der Waals surface area contributed by atoms with E-state index in [1.165, 1.54) is 0 Å². The first-order chi connectivity index (χ1) is 12.0. The maximum Gasteiger partial charge on any atom is 0.284 e. The average molecular weight is 462 g/mol. The Bertz CT molecular complexity index is 971. The van der Waals surface area contributed by atoms with Gasteiger partial charge in [0, 0.05) is 14.8 Å². The van der Waals surface area contributed by atoms with Crippen molar-refractivity contribution in [2.75, 3.05) is 5.32 Å². The molecule has 4 nitrogen and oxygen atoms in total. The molecule has 3 aromatic carbocycles. The highest BCUT2D eigenvalue weighted by Gasteiger charge is 2.15. The number of nitrogens with zero attached hydrogens (tertiary/aromatic N) is 1. The maximum absolute atomic E-state index is 12.7. The van der Waals surface area contributed by atoms with Gasteiger partial charge < -0.3 is 5.32 Å². The summed E-state index contributed by atoms with van der Waals surface area (Å²) < 4.78 is 30.4. The van der Waals surface area contributed by atoms with E-state index in [1.54, 1.807) is 24.3 Å². The average Bonchev–Trinajstić information content (AvgIpc) is 2.63. The van der Waals surface area contributed by atoms with Crippen LogP contribution in [0.25, 0.3) is 0 Å². The molecular weight excluding hydrogens is 447 g/mol. The third kappa shape index (κ3) is 4.67. The van der Waals surface area contributed by atoms with Crippen molar-refractivity contribution >= 4 is 44.1 Å². The van der Waals surface area contributed by atoms with Crippen LogP contribution in [-0.4, -0.2) is 14.3 Å². The SMILES string of the molecule is O=S(=O)(/N=C(\Nc1ccccc1)c1ccccc1)c1ccc(I)cc1. The molecule has 126 valence electrons. The predicted octanol–water partition coefficient (Wildman–Crippen LogP) is 4.54. The lowest BCUT2D eigenvalue weighted by Gasteiger charge is -2.10. The van der Waals surface area contributed by atoms with Crippen LogP contribution in [0.5, 0.6) is 0 Å². The zero-order valence-electron chi connectivity index (χ0n) is 13.1. The Kier molecular flexibility index (Phi) is 5.50. The van der Waals surface area contributed by atoms with Crippen molar-refractivity contribution in [2.24, 2.45) is 4.40 Å². The van der Waals surface area contributed by atoms with Crippen LogP contribution in [0, 0.1) is 3.57 Å². The standard InChI is InChI=1S/C19H15IN2O2S/c20-16-11-13-18(14-12-16)25(23,24)22-19(15-7-3-1-4-8-15)21-17-9-5-2-6-10-17/h1-14H,(H,21,22). The molecule has 3 rings (SSSR count). The molecule has 0 fully saturated rings. The number of benzene rings is 3. The Labute approximate surface area is 160 Å². The number of rotatable bonds is 4. The number of halogens is 1. The lowest BCUT2D eigenvalue weighted by atomic mass is 10.2. The number of hydrogen-bond acceptors (Lipinski definition) is 2. The summed E-state index contributed by atoms with van der Waals surface area (Å²) >= 11 is 2.13. The van der Waals surface area contributed by atoms with Crippen molar-refractivity contribution in [3.05, 3.63) is 94.1 Å². The highest BCUT2D eigenvalue weighted by Crippen LogP contribution is 2.17. The fourth-order valence-corrected chi connectivity index (χ4v) is 3.52. The van der Waals surface area contributed by atoms with E-state index in [-0.39, 0.29) is 10.7 Å². The van der Waals surface area contributed by atoms with Crippen LogP contribution in [0.1, 0.15) is 5.56 Å². The maximum atomic E-state index is 12.7. The lowest BCUT2D eigenvalue weighted by Crippen LogP contribution is -2.16. The van der Waals surface area contributed by atoms with Crippen molar-refractivity contribution in [1.29, 1.82) is 0 Å².